The van der Waals surface area contributed by atoms with Crippen molar-refractivity contribution in [3.05, 3.63) is 45.2 Å². The minimum atomic E-state index is -0.577. The number of carbonyl (C=O) groups excluding carboxylic acids is 2. The summed E-state index contributed by atoms with van der Waals surface area (Å²) < 4.78 is 7.19. The van der Waals surface area contributed by atoms with Crippen molar-refractivity contribution in [3.63, 3.8) is 0 Å². The van der Waals surface area contributed by atoms with Crippen LogP contribution in [0.3, 0.4) is 0 Å². The molecule has 0 unspecified atom stereocenters. The molecule has 1 aromatic carbocycles. The number of aryl methyl sites for hydroxylation is 3. The minimum absolute atomic E-state index is 0.279. The molecule has 0 saturated heterocycles. The zero-order chi connectivity index (χ0) is 21.5. The number of carbonyl (C=O) groups is 2. The number of hydrogen-bond acceptors (Lipinski definition) is 4. The van der Waals surface area contributed by atoms with E-state index in [0.717, 1.165) is 22.4 Å². The topological polar surface area (TPSA) is 76.5 Å². The first-order valence-corrected chi connectivity index (χ1v) is 9.95. The number of benzene rings is 1. The quantitative estimate of drug-likeness (QED) is 0.791. The molecule has 156 valence electrons. The van der Waals surface area contributed by atoms with Gasteiger partial charge >= 0.3 is 6.09 Å². The van der Waals surface area contributed by atoms with Crippen molar-refractivity contribution in [3.8, 4) is 0 Å². The Morgan fingerprint density at radius 3 is 2.55 bits per heavy atom. The summed E-state index contributed by atoms with van der Waals surface area (Å²) in [4.78, 5) is 27.1. The van der Waals surface area contributed by atoms with Crippen molar-refractivity contribution >= 4 is 29.3 Å². The van der Waals surface area contributed by atoms with Crippen molar-refractivity contribution in [1.82, 2.24) is 14.7 Å². The molecule has 0 bridgehead atoms. The first-order chi connectivity index (χ1) is 13.5. The highest BCUT2D eigenvalue weighted by molar-refractivity contribution is 6.34. The van der Waals surface area contributed by atoms with Crippen LogP contribution in [0.4, 0.5) is 10.5 Å². The number of amides is 2. The maximum atomic E-state index is 13.0. The Bertz CT molecular complexity index is 952. The van der Waals surface area contributed by atoms with Crippen LogP contribution in [0, 0.1) is 13.8 Å². The number of rotatable bonds is 2. The third-order valence-electron chi connectivity index (χ3n) is 4.78. The Morgan fingerprint density at radius 2 is 1.93 bits per heavy atom. The predicted octanol–water partition coefficient (Wildman–Crippen LogP) is 4.24. The van der Waals surface area contributed by atoms with Crippen molar-refractivity contribution < 1.29 is 14.3 Å². The number of hydrogen-bond donors (Lipinski definition) is 1. The Hall–Kier alpha value is -2.54. The summed E-state index contributed by atoms with van der Waals surface area (Å²) in [6.45, 7) is 10.1. The lowest BCUT2D eigenvalue weighted by Gasteiger charge is -2.30. The normalized spacial score (nSPS) is 13.8. The lowest BCUT2D eigenvalue weighted by molar-refractivity contribution is 0.0222. The van der Waals surface area contributed by atoms with Crippen molar-refractivity contribution in [2.24, 2.45) is 7.05 Å². The molecule has 2 aromatic rings. The van der Waals surface area contributed by atoms with Gasteiger partial charge in [0.15, 0.2) is 5.69 Å². The van der Waals surface area contributed by atoms with Crippen molar-refractivity contribution in [2.75, 3.05) is 11.9 Å². The van der Waals surface area contributed by atoms with Gasteiger partial charge in [-0.15, -0.1) is 0 Å². The molecule has 0 aliphatic carbocycles. The lowest BCUT2D eigenvalue weighted by Crippen LogP contribution is -2.40. The number of ether oxygens (including phenoxy) is 1. The zero-order valence-corrected chi connectivity index (χ0v) is 18.5. The number of halogens is 1. The van der Waals surface area contributed by atoms with E-state index < -0.39 is 11.7 Å². The van der Waals surface area contributed by atoms with Gasteiger partial charge in [0.1, 0.15) is 5.60 Å². The SMILES string of the molecule is Cc1cc(C)c(NC(=O)c2nn(C)c3c2CN(C(=O)OC(C)(C)C)CC3)c(Cl)c1. The van der Waals surface area contributed by atoms with Gasteiger partial charge in [-0.2, -0.15) is 5.10 Å². The maximum Gasteiger partial charge on any atom is 0.410 e. The van der Waals surface area contributed by atoms with E-state index in [-0.39, 0.29) is 12.5 Å². The third kappa shape index (κ3) is 4.56. The molecule has 8 heteroatoms. The fourth-order valence-electron chi connectivity index (χ4n) is 3.50. The summed E-state index contributed by atoms with van der Waals surface area (Å²) in [5, 5.41) is 7.79. The number of fused-ring (bicyclic) bond motifs is 1. The van der Waals surface area contributed by atoms with Crippen LogP contribution in [0.15, 0.2) is 12.1 Å². The lowest BCUT2D eigenvalue weighted by atomic mass is 10.0. The Labute approximate surface area is 176 Å². The van der Waals surface area contributed by atoms with Gasteiger partial charge in [0, 0.05) is 31.3 Å². The van der Waals surface area contributed by atoms with Gasteiger partial charge in [-0.3, -0.25) is 9.48 Å². The molecule has 7 nitrogen and oxygen atoms in total. The molecule has 3 rings (SSSR count). The summed E-state index contributed by atoms with van der Waals surface area (Å²) in [6.07, 6.45) is 0.214. The van der Waals surface area contributed by atoms with E-state index in [2.05, 4.69) is 10.4 Å². The van der Waals surface area contributed by atoms with Crippen molar-refractivity contribution in [1.29, 1.82) is 0 Å². The van der Waals surface area contributed by atoms with E-state index in [1.807, 2.05) is 53.8 Å². The second-order valence-corrected chi connectivity index (χ2v) is 8.85. The Balaban J connectivity index is 1.86. The van der Waals surface area contributed by atoms with E-state index in [0.29, 0.717) is 29.4 Å². The molecule has 1 aromatic heterocycles. The molecule has 2 amide bonds. The van der Waals surface area contributed by atoms with Crippen molar-refractivity contribution in [2.45, 2.75) is 53.2 Å². The fourth-order valence-corrected chi connectivity index (χ4v) is 3.87. The number of aromatic nitrogens is 2. The molecule has 1 aliphatic heterocycles. The highest BCUT2D eigenvalue weighted by Crippen LogP contribution is 2.29. The molecule has 0 radical (unpaired) electrons. The summed E-state index contributed by atoms with van der Waals surface area (Å²) in [7, 11) is 1.81. The molecular weight excluding hydrogens is 392 g/mol. The average molecular weight is 419 g/mol. The van der Waals surface area contributed by atoms with Crippen LogP contribution in [-0.2, 0) is 24.8 Å². The van der Waals surface area contributed by atoms with Crippen LogP contribution in [0.25, 0.3) is 0 Å². The average Bonchev–Trinajstić information content (AvgIpc) is 2.93. The second kappa shape index (κ2) is 7.71. The molecule has 0 fully saturated rings. The van der Waals surface area contributed by atoms with E-state index >= 15 is 0 Å². The van der Waals surface area contributed by atoms with Crippen LogP contribution in [0.2, 0.25) is 5.02 Å². The Morgan fingerprint density at radius 1 is 1.24 bits per heavy atom. The summed E-state index contributed by atoms with van der Waals surface area (Å²) in [5.74, 6) is -0.346. The molecule has 1 aliphatic rings. The van der Waals surface area contributed by atoms with Crippen LogP contribution in [-0.4, -0.2) is 38.8 Å². The standard InChI is InChI=1S/C21H27ClN4O3/c1-12-9-13(2)17(15(22)10-12)23-19(27)18-14-11-26(20(28)29-21(3,4)5)8-7-16(14)25(6)24-18/h9-10H,7-8,11H2,1-6H3,(H,23,27). The zero-order valence-electron chi connectivity index (χ0n) is 17.7. The third-order valence-corrected chi connectivity index (χ3v) is 5.08. The number of nitrogens with zero attached hydrogens (tertiary/aromatic N) is 3. The van der Waals surface area contributed by atoms with Gasteiger partial charge in [0.25, 0.3) is 5.91 Å². The minimum Gasteiger partial charge on any atom is -0.444 e. The van der Waals surface area contributed by atoms with Gasteiger partial charge in [0.2, 0.25) is 0 Å². The molecule has 0 atom stereocenters. The van der Waals surface area contributed by atoms with Crippen LogP contribution >= 0.6 is 11.6 Å². The molecular formula is C21H27ClN4O3. The number of anilines is 1. The fraction of sp³-hybridized carbons (Fsp3) is 0.476. The largest absolute Gasteiger partial charge is 0.444 e. The molecule has 0 saturated carbocycles. The number of nitrogens with one attached hydrogen (secondary N) is 1. The molecule has 1 N–H and O–H groups in total. The Kier molecular flexibility index (Phi) is 5.63. The first kappa shape index (κ1) is 21.2. The van der Waals surface area contributed by atoms with Gasteiger partial charge in [-0.1, -0.05) is 17.7 Å². The summed E-state index contributed by atoms with van der Waals surface area (Å²) in [5.41, 5.74) is 3.88. The van der Waals surface area contributed by atoms with Crippen LogP contribution in [0.1, 0.15) is 53.6 Å². The van der Waals surface area contributed by atoms with E-state index in [1.165, 1.54) is 0 Å². The smallest absolute Gasteiger partial charge is 0.410 e. The van der Waals surface area contributed by atoms with Gasteiger partial charge in [-0.25, -0.2) is 4.79 Å². The van der Waals surface area contributed by atoms with Gasteiger partial charge in [-0.05, 0) is 51.8 Å². The van der Waals surface area contributed by atoms with Crippen LogP contribution in [0.5, 0.6) is 0 Å². The van der Waals surface area contributed by atoms with Gasteiger partial charge in [0.05, 0.1) is 17.3 Å². The molecule has 0 spiro atoms. The monoisotopic (exact) mass is 418 g/mol. The van der Waals surface area contributed by atoms with E-state index in [1.54, 1.807) is 9.58 Å². The highest BCUT2D eigenvalue weighted by atomic mass is 35.5. The van der Waals surface area contributed by atoms with E-state index in [9.17, 15) is 9.59 Å². The van der Waals surface area contributed by atoms with Crippen LogP contribution < -0.4 is 5.32 Å². The van der Waals surface area contributed by atoms with Gasteiger partial charge < -0.3 is 15.0 Å². The predicted molar refractivity (Wildman–Crippen MR) is 112 cm³/mol. The van der Waals surface area contributed by atoms with E-state index in [4.69, 9.17) is 16.3 Å². The summed E-state index contributed by atoms with van der Waals surface area (Å²) in [6, 6.07) is 3.77. The second-order valence-electron chi connectivity index (χ2n) is 8.44. The molecule has 2 heterocycles. The molecule has 29 heavy (non-hydrogen) atoms. The first-order valence-electron chi connectivity index (χ1n) is 9.57. The summed E-state index contributed by atoms with van der Waals surface area (Å²) >= 11 is 6.33. The highest BCUT2D eigenvalue weighted by Gasteiger charge is 2.31. The maximum absolute atomic E-state index is 13.0.